The molecule has 0 radical (unpaired) electrons. The van der Waals surface area contributed by atoms with Crippen LogP contribution in [0.3, 0.4) is 0 Å². The van der Waals surface area contributed by atoms with E-state index in [1.807, 2.05) is 30.3 Å². The summed E-state index contributed by atoms with van der Waals surface area (Å²) in [4.78, 5) is 12.1. The number of carbonyl (C=O) groups is 1. The number of benzene rings is 1. The normalized spacial score (nSPS) is 12.1. The lowest BCUT2D eigenvalue weighted by molar-refractivity contribution is -0.124. The third-order valence-electron chi connectivity index (χ3n) is 3.30. The fraction of sp³-hybridized carbons (Fsp3) is 0.562. The van der Waals surface area contributed by atoms with Crippen LogP contribution in [0.25, 0.3) is 0 Å². The van der Waals surface area contributed by atoms with Crippen molar-refractivity contribution < 1.29 is 9.53 Å². The fourth-order valence-corrected chi connectivity index (χ4v) is 2.09. The summed E-state index contributed by atoms with van der Waals surface area (Å²) in [5.74, 6) is -0.0838. The van der Waals surface area contributed by atoms with Gasteiger partial charge < -0.3 is 15.8 Å². The Morgan fingerprint density at radius 3 is 2.65 bits per heavy atom. The van der Waals surface area contributed by atoms with Gasteiger partial charge in [-0.2, -0.15) is 0 Å². The van der Waals surface area contributed by atoms with Crippen molar-refractivity contribution in [3.8, 4) is 0 Å². The lowest BCUT2D eigenvalue weighted by Gasteiger charge is -2.15. The highest BCUT2D eigenvalue weighted by Crippen LogP contribution is 2.08. The van der Waals surface area contributed by atoms with Gasteiger partial charge in [0.2, 0.25) is 5.91 Å². The van der Waals surface area contributed by atoms with Crippen LogP contribution in [0.4, 0.5) is 0 Å². The van der Waals surface area contributed by atoms with Crippen molar-refractivity contribution in [3.05, 3.63) is 35.9 Å². The fourth-order valence-electron chi connectivity index (χ4n) is 2.09. The van der Waals surface area contributed by atoms with E-state index in [9.17, 15) is 4.79 Å². The number of nitrogens with one attached hydrogen (secondary N) is 1. The van der Waals surface area contributed by atoms with Crippen LogP contribution in [0.1, 0.15) is 24.8 Å². The van der Waals surface area contributed by atoms with E-state index in [-0.39, 0.29) is 11.8 Å². The van der Waals surface area contributed by atoms with Gasteiger partial charge in [-0.3, -0.25) is 4.79 Å². The Balaban J connectivity index is 2.25. The molecule has 0 aliphatic heterocycles. The molecular formula is C16H26N2O2. The first-order valence-electron chi connectivity index (χ1n) is 7.28. The molecule has 112 valence electrons. The third kappa shape index (κ3) is 6.68. The Morgan fingerprint density at radius 2 is 2.00 bits per heavy atom. The van der Waals surface area contributed by atoms with Gasteiger partial charge >= 0.3 is 0 Å². The molecule has 4 heteroatoms. The van der Waals surface area contributed by atoms with Gasteiger partial charge in [0.05, 0.1) is 5.92 Å². The zero-order valence-electron chi connectivity index (χ0n) is 12.3. The van der Waals surface area contributed by atoms with Gasteiger partial charge in [-0.05, 0) is 31.2 Å². The van der Waals surface area contributed by atoms with E-state index in [4.69, 9.17) is 10.5 Å². The SMILES string of the molecule is COCCCCCNC(=O)C(CN)Cc1ccccc1. The Hall–Kier alpha value is -1.39. The van der Waals surface area contributed by atoms with Crippen LogP contribution in [0, 0.1) is 5.92 Å². The number of methoxy groups -OCH3 is 1. The van der Waals surface area contributed by atoms with Crippen LogP contribution in [0.5, 0.6) is 0 Å². The van der Waals surface area contributed by atoms with Gasteiger partial charge in [0, 0.05) is 26.8 Å². The molecule has 0 saturated carbocycles. The minimum atomic E-state index is -0.142. The molecule has 20 heavy (non-hydrogen) atoms. The first kappa shape index (κ1) is 16.7. The summed E-state index contributed by atoms with van der Waals surface area (Å²) in [5, 5.41) is 2.97. The topological polar surface area (TPSA) is 64.3 Å². The van der Waals surface area contributed by atoms with E-state index in [2.05, 4.69) is 5.32 Å². The summed E-state index contributed by atoms with van der Waals surface area (Å²) in [7, 11) is 1.71. The number of unbranched alkanes of at least 4 members (excludes halogenated alkanes) is 2. The van der Waals surface area contributed by atoms with Crippen LogP contribution in [-0.4, -0.2) is 32.7 Å². The van der Waals surface area contributed by atoms with Crippen molar-refractivity contribution in [2.45, 2.75) is 25.7 Å². The highest BCUT2D eigenvalue weighted by molar-refractivity contribution is 5.79. The number of nitrogens with two attached hydrogens (primary N) is 1. The Morgan fingerprint density at radius 1 is 1.25 bits per heavy atom. The molecule has 3 N–H and O–H groups in total. The Kier molecular flexibility index (Phi) is 8.67. The predicted molar refractivity (Wildman–Crippen MR) is 81.4 cm³/mol. The van der Waals surface area contributed by atoms with Crippen LogP contribution >= 0.6 is 0 Å². The quantitative estimate of drug-likeness (QED) is 0.641. The first-order valence-corrected chi connectivity index (χ1v) is 7.28. The van der Waals surface area contributed by atoms with Gasteiger partial charge in [-0.25, -0.2) is 0 Å². The van der Waals surface area contributed by atoms with E-state index >= 15 is 0 Å². The minimum Gasteiger partial charge on any atom is -0.385 e. The summed E-state index contributed by atoms with van der Waals surface area (Å²) >= 11 is 0. The summed E-state index contributed by atoms with van der Waals surface area (Å²) < 4.78 is 4.99. The number of carbonyl (C=O) groups excluding carboxylic acids is 1. The molecule has 0 saturated heterocycles. The maximum atomic E-state index is 12.1. The maximum Gasteiger partial charge on any atom is 0.224 e. The monoisotopic (exact) mass is 278 g/mol. The number of hydrogen-bond donors (Lipinski definition) is 2. The molecule has 0 aromatic heterocycles. The molecular weight excluding hydrogens is 252 g/mol. The molecule has 1 aromatic carbocycles. The van der Waals surface area contributed by atoms with Gasteiger partial charge in [0.25, 0.3) is 0 Å². The second kappa shape index (κ2) is 10.4. The largest absolute Gasteiger partial charge is 0.385 e. The summed E-state index contributed by atoms with van der Waals surface area (Å²) in [5.41, 5.74) is 6.87. The van der Waals surface area contributed by atoms with Crippen LogP contribution in [0.2, 0.25) is 0 Å². The van der Waals surface area contributed by atoms with Crippen molar-refractivity contribution in [2.75, 3.05) is 26.8 Å². The summed E-state index contributed by atoms with van der Waals surface area (Å²) in [6.07, 6.45) is 3.79. The van der Waals surface area contributed by atoms with Gasteiger partial charge in [0.15, 0.2) is 0 Å². The smallest absolute Gasteiger partial charge is 0.224 e. The Labute approximate surface area is 121 Å². The molecule has 1 unspecified atom stereocenters. The maximum absolute atomic E-state index is 12.1. The van der Waals surface area contributed by atoms with Crippen LogP contribution in [-0.2, 0) is 16.0 Å². The van der Waals surface area contributed by atoms with Crippen molar-refractivity contribution in [2.24, 2.45) is 11.7 Å². The highest BCUT2D eigenvalue weighted by Gasteiger charge is 2.16. The third-order valence-corrected chi connectivity index (χ3v) is 3.30. The van der Waals surface area contributed by atoms with Crippen molar-refractivity contribution >= 4 is 5.91 Å². The van der Waals surface area contributed by atoms with E-state index in [1.165, 1.54) is 0 Å². The molecule has 0 aliphatic rings. The molecule has 1 rings (SSSR count). The lowest BCUT2D eigenvalue weighted by atomic mass is 9.98. The summed E-state index contributed by atoms with van der Waals surface area (Å²) in [6.45, 7) is 1.88. The average molecular weight is 278 g/mol. The van der Waals surface area contributed by atoms with Crippen LogP contribution in [0.15, 0.2) is 30.3 Å². The van der Waals surface area contributed by atoms with Crippen molar-refractivity contribution in [1.29, 1.82) is 0 Å². The molecule has 1 amide bonds. The molecule has 1 atom stereocenters. The second-order valence-corrected chi connectivity index (χ2v) is 4.97. The number of ether oxygens (including phenoxy) is 1. The van der Waals surface area contributed by atoms with Gasteiger partial charge in [0.1, 0.15) is 0 Å². The molecule has 0 heterocycles. The number of amides is 1. The molecule has 0 spiro atoms. The zero-order valence-corrected chi connectivity index (χ0v) is 12.3. The zero-order chi connectivity index (χ0) is 14.6. The van der Waals surface area contributed by atoms with E-state index in [0.29, 0.717) is 19.5 Å². The highest BCUT2D eigenvalue weighted by atomic mass is 16.5. The van der Waals surface area contributed by atoms with Gasteiger partial charge in [-0.15, -0.1) is 0 Å². The molecule has 1 aromatic rings. The molecule has 4 nitrogen and oxygen atoms in total. The predicted octanol–water partition coefficient (Wildman–Crippen LogP) is 1.74. The first-order chi connectivity index (χ1) is 9.77. The van der Waals surface area contributed by atoms with Gasteiger partial charge in [-0.1, -0.05) is 30.3 Å². The molecule has 0 fully saturated rings. The number of hydrogen-bond acceptors (Lipinski definition) is 3. The number of rotatable bonds is 10. The molecule has 0 bridgehead atoms. The van der Waals surface area contributed by atoms with Crippen LogP contribution < -0.4 is 11.1 Å². The minimum absolute atomic E-state index is 0.0584. The Bertz CT molecular complexity index is 368. The lowest BCUT2D eigenvalue weighted by Crippen LogP contribution is -2.36. The van der Waals surface area contributed by atoms with E-state index in [0.717, 1.165) is 31.4 Å². The molecule has 0 aliphatic carbocycles. The standard InChI is InChI=1S/C16H26N2O2/c1-20-11-7-3-6-10-18-16(19)15(13-17)12-14-8-4-2-5-9-14/h2,4-5,8-9,15H,3,6-7,10-13,17H2,1H3,(H,18,19). The van der Waals surface area contributed by atoms with E-state index < -0.39 is 0 Å². The van der Waals surface area contributed by atoms with Crippen molar-refractivity contribution in [3.63, 3.8) is 0 Å². The average Bonchev–Trinajstić information content (AvgIpc) is 2.49. The van der Waals surface area contributed by atoms with Crippen molar-refractivity contribution in [1.82, 2.24) is 5.32 Å². The second-order valence-electron chi connectivity index (χ2n) is 4.97. The summed E-state index contributed by atoms with van der Waals surface area (Å²) in [6, 6.07) is 10.00. The van der Waals surface area contributed by atoms with E-state index in [1.54, 1.807) is 7.11 Å².